The highest BCUT2D eigenvalue weighted by atomic mass is 35.5. The molecule has 0 aliphatic carbocycles. The molecule has 2 aromatic heterocycles. The summed E-state index contributed by atoms with van der Waals surface area (Å²) in [6.45, 7) is 5.30. The van der Waals surface area contributed by atoms with Crippen LogP contribution in [0.3, 0.4) is 0 Å². The molecule has 2 aromatic rings. The van der Waals surface area contributed by atoms with Crippen LogP contribution in [0.15, 0.2) is 11.4 Å². The van der Waals surface area contributed by atoms with E-state index in [0.717, 1.165) is 23.6 Å². The zero-order valence-electron chi connectivity index (χ0n) is 13.4. The number of halogens is 1. The summed E-state index contributed by atoms with van der Waals surface area (Å²) in [6.07, 6.45) is 2.76. The molecular weight excluding hydrogens is 334 g/mol. The molecular formula is C15H20ClN5OS. The standard InChI is InChI=1S/C15H20ClN5OS/c1-4-12(6-5-11-7-8-23-13(11)16)20-15-18-9(2)17-14(21-15)19-10(3)22/h7-8,12H,4-6H2,1-3H3,(H2,17,18,19,20,21,22). The minimum absolute atomic E-state index is 0.208. The van der Waals surface area contributed by atoms with Gasteiger partial charge in [-0.25, -0.2) is 0 Å². The van der Waals surface area contributed by atoms with Crippen molar-refractivity contribution in [2.24, 2.45) is 0 Å². The predicted molar refractivity (Wildman–Crippen MR) is 94.2 cm³/mol. The Hall–Kier alpha value is -1.73. The van der Waals surface area contributed by atoms with Gasteiger partial charge in [-0.3, -0.25) is 10.1 Å². The van der Waals surface area contributed by atoms with Crippen molar-refractivity contribution in [3.05, 3.63) is 27.2 Å². The summed E-state index contributed by atoms with van der Waals surface area (Å²) in [4.78, 5) is 23.7. The van der Waals surface area contributed by atoms with E-state index in [4.69, 9.17) is 11.6 Å². The Morgan fingerprint density at radius 3 is 2.70 bits per heavy atom. The molecule has 124 valence electrons. The van der Waals surface area contributed by atoms with Gasteiger partial charge in [0.2, 0.25) is 17.8 Å². The van der Waals surface area contributed by atoms with Crippen LogP contribution in [0, 0.1) is 6.92 Å². The summed E-state index contributed by atoms with van der Waals surface area (Å²) >= 11 is 7.69. The molecule has 0 spiro atoms. The maximum Gasteiger partial charge on any atom is 0.234 e. The van der Waals surface area contributed by atoms with Gasteiger partial charge in [-0.15, -0.1) is 11.3 Å². The molecule has 6 nitrogen and oxygen atoms in total. The molecule has 1 amide bonds. The zero-order chi connectivity index (χ0) is 16.8. The first-order chi connectivity index (χ1) is 11.0. The Labute approximate surface area is 144 Å². The first-order valence-electron chi connectivity index (χ1n) is 7.46. The number of rotatable bonds is 7. The first-order valence-corrected chi connectivity index (χ1v) is 8.72. The van der Waals surface area contributed by atoms with E-state index in [1.165, 1.54) is 12.5 Å². The number of carbonyl (C=O) groups is 1. The molecule has 2 N–H and O–H groups in total. The van der Waals surface area contributed by atoms with E-state index in [2.05, 4.69) is 38.6 Å². The number of carbonyl (C=O) groups excluding carboxylic acids is 1. The van der Waals surface area contributed by atoms with Gasteiger partial charge in [-0.2, -0.15) is 15.0 Å². The number of anilines is 2. The van der Waals surface area contributed by atoms with Crippen molar-refractivity contribution in [1.82, 2.24) is 15.0 Å². The number of nitrogens with zero attached hydrogens (tertiary/aromatic N) is 3. The molecule has 2 rings (SSSR count). The van der Waals surface area contributed by atoms with Crippen LogP contribution in [0.4, 0.5) is 11.9 Å². The van der Waals surface area contributed by atoms with Crippen molar-refractivity contribution >= 4 is 40.7 Å². The maximum absolute atomic E-state index is 11.1. The van der Waals surface area contributed by atoms with Gasteiger partial charge in [-0.1, -0.05) is 18.5 Å². The molecule has 0 aromatic carbocycles. The fourth-order valence-corrected chi connectivity index (χ4v) is 3.13. The average Bonchev–Trinajstić information content (AvgIpc) is 2.87. The number of hydrogen-bond acceptors (Lipinski definition) is 6. The minimum Gasteiger partial charge on any atom is -0.351 e. The summed E-state index contributed by atoms with van der Waals surface area (Å²) in [7, 11) is 0. The number of thiophene rings is 1. The van der Waals surface area contributed by atoms with Gasteiger partial charge in [0.1, 0.15) is 5.82 Å². The Kier molecular flexibility index (Phi) is 6.29. The fraction of sp³-hybridized carbons (Fsp3) is 0.467. The molecule has 1 atom stereocenters. The Balaban J connectivity index is 2.01. The minimum atomic E-state index is -0.208. The molecule has 2 heterocycles. The van der Waals surface area contributed by atoms with Gasteiger partial charge in [0.25, 0.3) is 0 Å². The predicted octanol–water partition coefficient (Wildman–Crippen LogP) is 3.68. The lowest BCUT2D eigenvalue weighted by atomic mass is 10.1. The van der Waals surface area contributed by atoms with Gasteiger partial charge in [-0.05, 0) is 43.2 Å². The lowest BCUT2D eigenvalue weighted by Crippen LogP contribution is -2.22. The van der Waals surface area contributed by atoms with Gasteiger partial charge in [0.15, 0.2) is 0 Å². The van der Waals surface area contributed by atoms with Gasteiger partial charge >= 0.3 is 0 Å². The normalized spacial score (nSPS) is 12.0. The van der Waals surface area contributed by atoms with Gasteiger partial charge in [0.05, 0.1) is 4.34 Å². The summed E-state index contributed by atoms with van der Waals surface area (Å²) < 4.78 is 0.851. The van der Waals surface area contributed by atoms with Crippen molar-refractivity contribution in [2.45, 2.75) is 46.1 Å². The van der Waals surface area contributed by atoms with E-state index in [0.29, 0.717) is 11.8 Å². The van der Waals surface area contributed by atoms with E-state index in [1.807, 2.05) is 5.38 Å². The lowest BCUT2D eigenvalue weighted by Gasteiger charge is -2.17. The number of aryl methyl sites for hydroxylation is 2. The second-order valence-corrected chi connectivity index (χ2v) is 6.74. The number of nitrogens with one attached hydrogen (secondary N) is 2. The summed E-state index contributed by atoms with van der Waals surface area (Å²) in [6, 6.07) is 2.28. The van der Waals surface area contributed by atoms with E-state index in [-0.39, 0.29) is 17.9 Å². The Morgan fingerprint density at radius 2 is 2.09 bits per heavy atom. The van der Waals surface area contributed by atoms with Crippen molar-refractivity contribution in [3.63, 3.8) is 0 Å². The Bertz CT molecular complexity index is 676. The highest BCUT2D eigenvalue weighted by Crippen LogP contribution is 2.24. The van der Waals surface area contributed by atoms with E-state index in [9.17, 15) is 4.79 Å². The molecule has 0 fully saturated rings. The molecule has 0 aliphatic rings. The third-order valence-corrected chi connectivity index (χ3v) is 4.57. The van der Waals surface area contributed by atoms with Gasteiger partial charge < -0.3 is 5.32 Å². The zero-order valence-corrected chi connectivity index (χ0v) is 15.0. The van der Waals surface area contributed by atoms with Crippen molar-refractivity contribution in [2.75, 3.05) is 10.6 Å². The highest BCUT2D eigenvalue weighted by molar-refractivity contribution is 7.14. The topological polar surface area (TPSA) is 79.8 Å². The third-order valence-electron chi connectivity index (χ3n) is 3.32. The average molecular weight is 354 g/mol. The molecule has 0 bridgehead atoms. The maximum atomic E-state index is 11.1. The smallest absolute Gasteiger partial charge is 0.234 e. The first kappa shape index (κ1) is 17.6. The summed E-state index contributed by atoms with van der Waals surface area (Å²) in [5, 5.41) is 7.89. The second kappa shape index (κ2) is 8.21. The van der Waals surface area contributed by atoms with Crippen LogP contribution in [0.1, 0.15) is 38.1 Å². The van der Waals surface area contributed by atoms with Crippen LogP contribution in [0.5, 0.6) is 0 Å². The van der Waals surface area contributed by atoms with E-state index < -0.39 is 0 Å². The lowest BCUT2D eigenvalue weighted by molar-refractivity contribution is -0.114. The largest absolute Gasteiger partial charge is 0.351 e. The molecule has 23 heavy (non-hydrogen) atoms. The number of hydrogen-bond donors (Lipinski definition) is 2. The SMILES string of the molecule is CCC(CCc1ccsc1Cl)Nc1nc(C)nc(NC(C)=O)n1. The summed E-state index contributed by atoms with van der Waals surface area (Å²) in [5.74, 6) is 1.09. The molecule has 8 heteroatoms. The Morgan fingerprint density at radius 1 is 1.35 bits per heavy atom. The van der Waals surface area contributed by atoms with Crippen LogP contribution in [-0.4, -0.2) is 26.9 Å². The highest BCUT2D eigenvalue weighted by Gasteiger charge is 2.12. The van der Waals surface area contributed by atoms with Crippen molar-refractivity contribution in [1.29, 1.82) is 0 Å². The summed E-state index contributed by atoms with van der Waals surface area (Å²) in [5.41, 5.74) is 1.17. The van der Waals surface area contributed by atoms with Crippen molar-refractivity contribution < 1.29 is 4.79 Å². The van der Waals surface area contributed by atoms with Crippen molar-refractivity contribution in [3.8, 4) is 0 Å². The number of amides is 1. The second-order valence-electron chi connectivity index (χ2n) is 5.22. The van der Waals surface area contributed by atoms with Crippen LogP contribution < -0.4 is 10.6 Å². The van der Waals surface area contributed by atoms with Crippen LogP contribution in [0.25, 0.3) is 0 Å². The molecule has 0 saturated carbocycles. The van der Waals surface area contributed by atoms with Crippen LogP contribution in [0.2, 0.25) is 4.34 Å². The molecule has 1 unspecified atom stereocenters. The molecule has 0 saturated heterocycles. The van der Waals surface area contributed by atoms with Crippen LogP contribution in [-0.2, 0) is 11.2 Å². The quantitative estimate of drug-likeness (QED) is 0.793. The molecule has 0 aliphatic heterocycles. The van der Waals surface area contributed by atoms with E-state index >= 15 is 0 Å². The van der Waals surface area contributed by atoms with E-state index in [1.54, 1.807) is 18.3 Å². The fourth-order valence-electron chi connectivity index (χ4n) is 2.15. The number of aromatic nitrogens is 3. The van der Waals surface area contributed by atoms with Gasteiger partial charge in [0, 0.05) is 13.0 Å². The molecule has 0 radical (unpaired) electrons. The van der Waals surface area contributed by atoms with Crippen LogP contribution >= 0.6 is 22.9 Å². The third kappa shape index (κ3) is 5.44. The monoisotopic (exact) mass is 353 g/mol.